The average Bonchev–Trinajstić information content (AvgIpc) is 3.33. The number of carbonyl (C=O) groups excluding carboxylic acids is 1. The molecular weight excluding hydrogens is 348 g/mol. The first-order valence-electron chi connectivity index (χ1n) is 10.5. The first-order chi connectivity index (χ1) is 13.5. The standard InChI is InChI=1S/C25H30O3/c1-25(2,12-10-18-7-9-23-22(14-18)11-13-27-23)17-28-24(26)16-19-6-8-20-4-3-5-21(20)15-19/h6-9,14-15H,3-5,10-13,16-17H2,1-2H3. The Bertz CT molecular complexity index is 866. The van der Waals surface area contributed by atoms with Crippen LogP contribution in [0.3, 0.4) is 0 Å². The van der Waals surface area contributed by atoms with Crippen LogP contribution in [0, 0.1) is 5.41 Å². The Kier molecular flexibility index (Phi) is 5.43. The zero-order valence-corrected chi connectivity index (χ0v) is 17.1. The molecule has 148 valence electrons. The first kappa shape index (κ1) is 19.0. The lowest BCUT2D eigenvalue weighted by Crippen LogP contribution is -2.23. The molecule has 1 aliphatic heterocycles. The molecule has 0 atom stereocenters. The Morgan fingerprint density at radius 3 is 2.68 bits per heavy atom. The number of hydrogen-bond acceptors (Lipinski definition) is 3. The number of benzene rings is 2. The van der Waals surface area contributed by atoms with E-state index in [1.54, 1.807) is 0 Å². The highest BCUT2D eigenvalue weighted by Gasteiger charge is 2.21. The molecule has 0 saturated heterocycles. The highest BCUT2D eigenvalue weighted by Crippen LogP contribution is 2.29. The monoisotopic (exact) mass is 378 g/mol. The van der Waals surface area contributed by atoms with E-state index in [0.29, 0.717) is 13.0 Å². The molecule has 1 heterocycles. The molecular formula is C25H30O3. The third-order valence-corrected chi connectivity index (χ3v) is 5.98. The number of hydrogen-bond donors (Lipinski definition) is 0. The average molecular weight is 379 g/mol. The van der Waals surface area contributed by atoms with Crippen LogP contribution in [0.2, 0.25) is 0 Å². The zero-order chi connectivity index (χ0) is 19.6. The van der Waals surface area contributed by atoms with Gasteiger partial charge in [-0.15, -0.1) is 0 Å². The highest BCUT2D eigenvalue weighted by atomic mass is 16.5. The van der Waals surface area contributed by atoms with Crippen LogP contribution in [0.15, 0.2) is 36.4 Å². The van der Waals surface area contributed by atoms with Crippen molar-refractivity contribution in [3.8, 4) is 5.75 Å². The van der Waals surface area contributed by atoms with Crippen LogP contribution >= 0.6 is 0 Å². The number of ether oxygens (including phenoxy) is 2. The maximum Gasteiger partial charge on any atom is 0.310 e. The Balaban J connectivity index is 1.25. The molecule has 2 aliphatic rings. The Hall–Kier alpha value is -2.29. The van der Waals surface area contributed by atoms with Crippen molar-refractivity contribution in [2.75, 3.05) is 13.2 Å². The smallest absolute Gasteiger partial charge is 0.310 e. The fraction of sp³-hybridized carbons (Fsp3) is 0.480. The van der Waals surface area contributed by atoms with E-state index in [0.717, 1.165) is 43.6 Å². The van der Waals surface area contributed by atoms with Crippen molar-refractivity contribution in [3.05, 3.63) is 64.2 Å². The summed E-state index contributed by atoms with van der Waals surface area (Å²) in [5.74, 6) is 0.907. The van der Waals surface area contributed by atoms with Crippen molar-refractivity contribution in [2.45, 2.75) is 58.8 Å². The fourth-order valence-electron chi connectivity index (χ4n) is 4.18. The second-order valence-corrected chi connectivity index (χ2v) is 9.00. The van der Waals surface area contributed by atoms with Crippen molar-refractivity contribution in [3.63, 3.8) is 0 Å². The second-order valence-electron chi connectivity index (χ2n) is 9.00. The molecule has 0 amide bonds. The largest absolute Gasteiger partial charge is 0.493 e. The van der Waals surface area contributed by atoms with Gasteiger partial charge in [-0.25, -0.2) is 0 Å². The van der Waals surface area contributed by atoms with Gasteiger partial charge < -0.3 is 9.47 Å². The molecule has 0 bridgehead atoms. The van der Waals surface area contributed by atoms with Gasteiger partial charge in [-0.1, -0.05) is 44.2 Å². The molecule has 2 aromatic rings. The minimum Gasteiger partial charge on any atom is -0.493 e. The van der Waals surface area contributed by atoms with Crippen LogP contribution in [0.25, 0.3) is 0 Å². The van der Waals surface area contributed by atoms with E-state index in [9.17, 15) is 4.79 Å². The van der Waals surface area contributed by atoms with Crippen LogP contribution < -0.4 is 4.74 Å². The third-order valence-electron chi connectivity index (χ3n) is 5.98. The quantitative estimate of drug-likeness (QED) is 0.646. The molecule has 2 aromatic carbocycles. The molecule has 4 rings (SSSR count). The van der Waals surface area contributed by atoms with Gasteiger partial charge in [0.15, 0.2) is 0 Å². The summed E-state index contributed by atoms with van der Waals surface area (Å²) in [7, 11) is 0. The van der Waals surface area contributed by atoms with E-state index in [4.69, 9.17) is 9.47 Å². The van der Waals surface area contributed by atoms with Gasteiger partial charge in [0.05, 0.1) is 19.6 Å². The van der Waals surface area contributed by atoms with Gasteiger partial charge in [-0.3, -0.25) is 4.79 Å². The number of carbonyl (C=O) groups is 1. The van der Waals surface area contributed by atoms with Gasteiger partial charge in [0.2, 0.25) is 0 Å². The van der Waals surface area contributed by atoms with E-state index in [1.807, 2.05) is 0 Å². The van der Waals surface area contributed by atoms with Crippen LogP contribution in [0.5, 0.6) is 5.75 Å². The molecule has 0 N–H and O–H groups in total. The van der Waals surface area contributed by atoms with Gasteiger partial charge >= 0.3 is 5.97 Å². The zero-order valence-electron chi connectivity index (χ0n) is 17.1. The van der Waals surface area contributed by atoms with Crippen molar-refractivity contribution < 1.29 is 14.3 Å². The lowest BCUT2D eigenvalue weighted by Gasteiger charge is -2.24. The lowest BCUT2D eigenvalue weighted by atomic mass is 9.87. The number of fused-ring (bicyclic) bond motifs is 2. The minimum absolute atomic E-state index is 0.0386. The fourth-order valence-corrected chi connectivity index (χ4v) is 4.18. The van der Waals surface area contributed by atoms with E-state index < -0.39 is 0 Å². The van der Waals surface area contributed by atoms with E-state index in [1.165, 1.54) is 35.1 Å². The second kappa shape index (κ2) is 7.98. The number of rotatable bonds is 7. The molecule has 0 radical (unpaired) electrons. The minimum atomic E-state index is -0.124. The van der Waals surface area contributed by atoms with Crippen molar-refractivity contribution in [2.24, 2.45) is 5.41 Å². The summed E-state index contributed by atoms with van der Waals surface area (Å²) in [4.78, 5) is 12.3. The SMILES string of the molecule is CC(C)(CCc1ccc2c(c1)CCO2)COC(=O)Cc1ccc2c(c1)CCC2. The molecule has 0 fully saturated rings. The summed E-state index contributed by atoms with van der Waals surface area (Å²) in [6.45, 7) is 5.60. The van der Waals surface area contributed by atoms with Crippen molar-refractivity contribution in [1.29, 1.82) is 0 Å². The van der Waals surface area contributed by atoms with Crippen LogP contribution in [-0.2, 0) is 41.6 Å². The van der Waals surface area contributed by atoms with Gasteiger partial charge in [-0.05, 0) is 71.4 Å². The third kappa shape index (κ3) is 4.57. The maximum absolute atomic E-state index is 12.3. The van der Waals surface area contributed by atoms with Crippen LogP contribution in [0.1, 0.15) is 54.5 Å². The number of esters is 1. The first-order valence-corrected chi connectivity index (χ1v) is 10.5. The molecule has 0 unspecified atom stereocenters. The molecule has 28 heavy (non-hydrogen) atoms. The van der Waals surface area contributed by atoms with Crippen molar-refractivity contribution in [1.82, 2.24) is 0 Å². The number of aryl methyl sites for hydroxylation is 3. The topological polar surface area (TPSA) is 35.5 Å². The Morgan fingerprint density at radius 1 is 1.00 bits per heavy atom. The van der Waals surface area contributed by atoms with Gasteiger partial charge in [-0.2, -0.15) is 0 Å². The lowest BCUT2D eigenvalue weighted by molar-refractivity contribution is -0.146. The van der Waals surface area contributed by atoms with Crippen molar-refractivity contribution >= 4 is 5.97 Å². The van der Waals surface area contributed by atoms with Gasteiger partial charge in [0.25, 0.3) is 0 Å². The molecule has 3 heteroatoms. The predicted octanol–water partition coefficient (Wildman–Crippen LogP) is 4.85. The normalized spacial score (nSPS) is 15.1. The van der Waals surface area contributed by atoms with E-state index >= 15 is 0 Å². The van der Waals surface area contributed by atoms with E-state index in [2.05, 4.69) is 50.2 Å². The Morgan fingerprint density at radius 2 is 1.79 bits per heavy atom. The summed E-state index contributed by atoms with van der Waals surface area (Å²) in [6.07, 6.45) is 6.89. The molecule has 0 aromatic heterocycles. The van der Waals surface area contributed by atoms with Gasteiger partial charge in [0, 0.05) is 6.42 Å². The predicted molar refractivity (Wildman–Crippen MR) is 111 cm³/mol. The highest BCUT2D eigenvalue weighted by molar-refractivity contribution is 5.72. The summed E-state index contributed by atoms with van der Waals surface area (Å²) in [6, 6.07) is 12.9. The molecule has 1 aliphatic carbocycles. The van der Waals surface area contributed by atoms with Crippen LogP contribution in [0.4, 0.5) is 0 Å². The molecule has 0 spiro atoms. The molecule has 3 nitrogen and oxygen atoms in total. The summed E-state index contributed by atoms with van der Waals surface area (Å²) >= 11 is 0. The van der Waals surface area contributed by atoms with Crippen LogP contribution in [-0.4, -0.2) is 19.2 Å². The summed E-state index contributed by atoms with van der Waals surface area (Å²) in [5.41, 5.74) is 6.53. The van der Waals surface area contributed by atoms with Gasteiger partial charge in [0.1, 0.15) is 5.75 Å². The summed E-state index contributed by atoms with van der Waals surface area (Å²) < 4.78 is 11.2. The summed E-state index contributed by atoms with van der Waals surface area (Å²) in [5, 5.41) is 0. The molecule has 0 saturated carbocycles. The Labute approximate surface area is 168 Å². The van der Waals surface area contributed by atoms with E-state index in [-0.39, 0.29) is 11.4 Å². The maximum atomic E-state index is 12.3.